The summed E-state index contributed by atoms with van der Waals surface area (Å²) in [7, 11) is -3.79. The molecule has 0 fully saturated rings. The first kappa shape index (κ1) is 20.9. The summed E-state index contributed by atoms with van der Waals surface area (Å²) in [5.74, 6) is -0.287. The molecule has 0 aromatic heterocycles. The zero-order chi connectivity index (χ0) is 20.0. The maximum Gasteiger partial charge on any atom is 0.261 e. The molecule has 0 saturated heterocycles. The molecule has 2 aromatic carbocycles. The molecule has 146 valence electrons. The summed E-state index contributed by atoms with van der Waals surface area (Å²) in [6, 6.07) is 11.9. The number of rotatable bonds is 8. The van der Waals surface area contributed by atoms with Crippen LogP contribution in [0.2, 0.25) is 0 Å². The summed E-state index contributed by atoms with van der Waals surface area (Å²) in [5, 5.41) is 6.06. The average molecular weight is 390 g/mol. The van der Waals surface area contributed by atoms with Gasteiger partial charge in [0.05, 0.1) is 10.6 Å². The molecule has 0 bridgehead atoms. The summed E-state index contributed by atoms with van der Waals surface area (Å²) in [4.78, 5) is 12.6. The number of carbonyl (C=O) groups is 1. The molecule has 2 rings (SSSR count). The number of sulfonamides is 1. The third-order valence-electron chi connectivity index (χ3n) is 4.27. The summed E-state index contributed by atoms with van der Waals surface area (Å²) < 4.78 is 28.1. The van der Waals surface area contributed by atoms with Crippen molar-refractivity contribution in [2.75, 3.05) is 17.8 Å². The maximum atomic E-state index is 12.7. The number of nitrogens with one attached hydrogen (secondary N) is 3. The van der Waals surface area contributed by atoms with Gasteiger partial charge in [0.15, 0.2) is 0 Å². The number of benzene rings is 2. The topological polar surface area (TPSA) is 87.3 Å². The van der Waals surface area contributed by atoms with Gasteiger partial charge in [0.25, 0.3) is 15.9 Å². The maximum absolute atomic E-state index is 12.7. The van der Waals surface area contributed by atoms with Gasteiger partial charge >= 0.3 is 0 Å². The van der Waals surface area contributed by atoms with E-state index >= 15 is 0 Å². The first-order chi connectivity index (χ1) is 12.7. The van der Waals surface area contributed by atoms with Crippen molar-refractivity contribution in [3.05, 3.63) is 59.2 Å². The number of para-hydroxylation sites is 1. The van der Waals surface area contributed by atoms with Gasteiger partial charge < -0.3 is 10.6 Å². The lowest BCUT2D eigenvalue weighted by molar-refractivity contribution is 0.0949. The molecule has 0 saturated carbocycles. The van der Waals surface area contributed by atoms with Gasteiger partial charge in [-0.05, 0) is 56.6 Å². The molecule has 0 heterocycles. The minimum absolute atomic E-state index is 0.0567. The Morgan fingerprint density at radius 1 is 1.07 bits per heavy atom. The van der Waals surface area contributed by atoms with Crippen LogP contribution in [0.1, 0.15) is 35.3 Å². The number of anilines is 1. The van der Waals surface area contributed by atoms with Crippen molar-refractivity contribution >= 4 is 21.6 Å². The van der Waals surface area contributed by atoms with E-state index in [4.69, 9.17) is 0 Å². The summed E-state index contributed by atoms with van der Waals surface area (Å²) in [5.41, 5.74) is 2.41. The van der Waals surface area contributed by atoms with Gasteiger partial charge in [-0.25, -0.2) is 8.42 Å². The smallest absolute Gasteiger partial charge is 0.261 e. The highest BCUT2D eigenvalue weighted by molar-refractivity contribution is 7.92. The van der Waals surface area contributed by atoms with Gasteiger partial charge in [0.2, 0.25) is 0 Å². The molecule has 0 aliphatic rings. The zero-order valence-corrected chi connectivity index (χ0v) is 17.0. The number of carbonyl (C=O) groups excluding carboxylic acids is 1. The Morgan fingerprint density at radius 2 is 1.78 bits per heavy atom. The van der Waals surface area contributed by atoms with Gasteiger partial charge in [-0.3, -0.25) is 9.52 Å². The fourth-order valence-corrected chi connectivity index (χ4v) is 3.82. The molecule has 7 heteroatoms. The fraction of sp³-hybridized carbons (Fsp3) is 0.350. The molecule has 0 radical (unpaired) electrons. The van der Waals surface area contributed by atoms with Crippen LogP contribution in [-0.2, 0) is 10.0 Å². The first-order valence-electron chi connectivity index (χ1n) is 8.95. The summed E-state index contributed by atoms with van der Waals surface area (Å²) in [6.07, 6.45) is 0. The molecule has 0 spiro atoms. The largest absolute Gasteiger partial charge is 0.350 e. The highest BCUT2D eigenvalue weighted by atomic mass is 32.2. The third-order valence-corrected chi connectivity index (χ3v) is 5.64. The molecule has 6 nitrogen and oxygen atoms in total. The summed E-state index contributed by atoms with van der Waals surface area (Å²) in [6.45, 7) is 8.87. The molecule has 1 amide bonds. The Labute approximate surface area is 161 Å². The van der Waals surface area contributed by atoms with E-state index in [0.717, 1.165) is 17.7 Å². The lowest BCUT2D eigenvalue weighted by Gasteiger charge is -2.15. The minimum Gasteiger partial charge on any atom is -0.350 e. The van der Waals surface area contributed by atoms with Crippen LogP contribution >= 0.6 is 0 Å². The van der Waals surface area contributed by atoms with Crippen molar-refractivity contribution in [2.24, 2.45) is 0 Å². The van der Waals surface area contributed by atoms with Crippen LogP contribution in [0.4, 0.5) is 5.69 Å². The van der Waals surface area contributed by atoms with Crippen molar-refractivity contribution in [3.63, 3.8) is 0 Å². The van der Waals surface area contributed by atoms with Gasteiger partial charge in [0.1, 0.15) is 0 Å². The Balaban J connectivity index is 2.23. The number of likely N-dealkylation sites (N-methyl/N-ethyl adjacent to an activating group) is 1. The second-order valence-corrected chi connectivity index (χ2v) is 8.25. The Morgan fingerprint density at radius 3 is 2.44 bits per heavy atom. The summed E-state index contributed by atoms with van der Waals surface area (Å²) >= 11 is 0. The number of aryl methyl sites for hydroxylation is 2. The van der Waals surface area contributed by atoms with Crippen molar-refractivity contribution < 1.29 is 13.2 Å². The van der Waals surface area contributed by atoms with E-state index in [-0.39, 0.29) is 16.8 Å². The highest BCUT2D eigenvalue weighted by Crippen LogP contribution is 2.21. The van der Waals surface area contributed by atoms with E-state index in [1.165, 1.54) is 12.1 Å². The first-order valence-corrected chi connectivity index (χ1v) is 10.4. The van der Waals surface area contributed by atoms with Crippen LogP contribution in [0, 0.1) is 13.8 Å². The SMILES string of the molecule is CCN[C@H](C)CNC(=O)c1cc(S(=O)(=O)Nc2ccccc2C)ccc1C. The third kappa shape index (κ3) is 5.55. The molecule has 0 aliphatic carbocycles. The second kappa shape index (κ2) is 9.01. The van der Waals surface area contributed by atoms with Crippen LogP contribution in [0.3, 0.4) is 0 Å². The van der Waals surface area contributed by atoms with E-state index in [1.807, 2.05) is 32.9 Å². The molecular formula is C20H27N3O3S. The standard InChI is InChI=1S/C20H27N3O3S/c1-5-21-16(4)13-22-20(24)18-12-17(11-10-14(18)2)27(25,26)23-19-9-7-6-8-15(19)3/h6-12,16,21,23H,5,13H2,1-4H3,(H,22,24)/t16-/m1/s1. The van der Waals surface area contributed by atoms with Crippen LogP contribution in [0.5, 0.6) is 0 Å². The quantitative estimate of drug-likeness (QED) is 0.648. The monoisotopic (exact) mass is 389 g/mol. The normalized spacial score (nSPS) is 12.4. The molecule has 2 aromatic rings. The Hall–Kier alpha value is -2.38. The molecular weight excluding hydrogens is 362 g/mol. The molecule has 0 aliphatic heterocycles. The van der Waals surface area contributed by atoms with E-state index in [2.05, 4.69) is 15.4 Å². The van der Waals surface area contributed by atoms with Crippen molar-refractivity contribution in [1.82, 2.24) is 10.6 Å². The van der Waals surface area contributed by atoms with E-state index < -0.39 is 10.0 Å². The minimum atomic E-state index is -3.79. The fourth-order valence-electron chi connectivity index (χ4n) is 2.67. The van der Waals surface area contributed by atoms with Crippen LogP contribution in [0.15, 0.2) is 47.4 Å². The number of hydrogen-bond acceptors (Lipinski definition) is 4. The van der Waals surface area contributed by atoms with Crippen LogP contribution < -0.4 is 15.4 Å². The van der Waals surface area contributed by atoms with Gasteiger partial charge in [0, 0.05) is 18.2 Å². The van der Waals surface area contributed by atoms with Crippen molar-refractivity contribution in [1.29, 1.82) is 0 Å². The van der Waals surface area contributed by atoms with E-state index in [0.29, 0.717) is 17.8 Å². The van der Waals surface area contributed by atoms with E-state index in [9.17, 15) is 13.2 Å². The molecule has 27 heavy (non-hydrogen) atoms. The molecule has 1 atom stereocenters. The number of hydrogen-bond donors (Lipinski definition) is 3. The Bertz CT molecular complexity index is 910. The highest BCUT2D eigenvalue weighted by Gasteiger charge is 2.19. The van der Waals surface area contributed by atoms with Gasteiger partial charge in [-0.2, -0.15) is 0 Å². The lowest BCUT2D eigenvalue weighted by Crippen LogP contribution is -2.39. The van der Waals surface area contributed by atoms with Gasteiger partial charge in [-0.1, -0.05) is 31.2 Å². The van der Waals surface area contributed by atoms with Crippen LogP contribution in [0.25, 0.3) is 0 Å². The zero-order valence-electron chi connectivity index (χ0n) is 16.2. The lowest BCUT2D eigenvalue weighted by atomic mass is 10.1. The van der Waals surface area contributed by atoms with Crippen molar-refractivity contribution in [3.8, 4) is 0 Å². The second-order valence-electron chi connectivity index (χ2n) is 6.57. The van der Waals surface area contributed by atoms with Crippen LogP contribution in [-0.4, -0.2) is 33.5 Å². The predicted molar refractivity (Wildman–Crippen MR) is 109 cm³/mol. The van der Waals surface area contributed by atoms with Crippen molar-refractivity contribution in [2.45, 2.75) is 38.6 Å². The average Bonchev–Trinajstić information content (AvgIpc) is 2.62. The molecule has 0 unspecified atom stereocenters. The predicted octanol–water partition coefficient (Wildman–Crippen LogP) is 2.83. The van der Waals surface area contributed by atoms with E-state index in [1.54, 1.807) is 25.1 Å². The molecule has 3 N–H and O–H groups in total. The number of amides is 1. The van der Waals surface area contributed by atoms with Gasteiger partial charge in [-0.15, -0.1) is 0 Å². The Kier molecular flexibility index (Phi) is 6.98.